The second-order valence-corrected chi connectivity index (χ2v) is 3.19. The second-order valence-electron chi connectivity index (χ2n) is 3.19. The predicted octanol–water partition coefficient (Wildman–Crippen LogP) is -0.658. The summed E-state index contributed by atoms with van der Waals surface area (Å²) in [4.78, 5) is 10.9. The Hall–Kier alpha value is -0.570. The van der Waals surface area contributed by atoms with Gasteiger partial charge >= 0.3 is 0 Å². The first-order valence-electron chi connectivity index (χ1n) is 3.83. The first-order valence-corrected chi connectivity index (χ1v) is 3.83. The van der Waals surface area contributed by atoms with Crippen molar-refractivity contribution in [1.29, 1.82) is 0 Å². The van der Waals surface area contributed by atoms with E-state index in [0.29, 0.717) is 11.8 Å². The highest BCUT2D eigenvalue weighted by atomic mass is 16.1. The Bertz CT molecular complexity index is 158. The minimum atomic E-state index is 0.227. The van der Waals surface area contributed by atoms with Gasteiger partial charge < -0.3 is 10.6 Å². The van der Waals surface area contributed by atoms with E-state index in [-0.39, 0.29) is 5.91 Å². The lowest BCUT2D eigenvalue weighted by atomic mass is 9.89. The van der Waals surface area contributed by atoms with Crippen LogP contribution >= 0.6 is 0 Å². The second kappa shape index (κ2) is 2.23. The largest absolute Gasteiger partial charge is 0.356 e. The molecule has 10 heavy (non-hydrogen) atoms. The van der Waals surface area contributed by atoms with Gasteiger partial charge in [-0.05, 0) is 24.9 Å². The molecule has 0 aromatic carbocycles. The molecule has 0 aliphatic carbocycles. The fourth-order valence-corrected chi connectivity index (χ4v) is 1.82. The number of rotatable bonds is 0. The molecule has 2 aliphatic rings. The van der Waals surface area contributed by atoms with Crippen molar-refractivity contribution in [3.05, 3.63) is 0 Å². The summed E-state index contributed by atoms with van der Waals surface area (Å²) in [6.45, 7) is 3.01. The van der Waals surface area contributed by atoms with Gasteiger partial charge in [0.2, 0.25) is 5.91 Å². The predicted molar refractivity (Wildman–Crippen MR) is 37.5 cm³/mol. The summed E-state index contributed by atoms with van der Waals surface area (Å²) in [6, 6.07) is 0. The fourth-order valence-electron chi connectivity index (χ4n) is 1.82. The van der Waals surface area contributed by atoms with Crippen molar-refractivity contribution in [3.63, 3.8) is 0 Å². The van der Waals surface area contributed by atoms with Gasteiger partial charge in [-0.1, -0.05) is 0 Å². The first kappa shape index (κ1) is 6.16. The standard InChI is InChI=1S/C7H12N2O/c10-7-1-5-2-8-3-6(5)4-9-7/h5-6,8H,1-4H2,(H,9,10)/t5-,6-/m0/s1. The number of hydrogen-bond acceptors (Lipinski definition) is 2. The molecule has 2 fully saturated rings. The molecule has 0 radical (unpaired) electrons. The highest BCUT2D eigenvalue weighted by Crippen LogP contribution is 2.22. The summed E-state index contributed by atoms with van der Waals surface area (Å²) in [5.41, 5.74) is 0. The maximum atomic E-state index is 10.9. The Morgan fingerprint density at radius 3 is 2.90 bits per heavy atom. The molecule has 0 aromatic rings. The summed E-state index contributed by atoms with van der Waals surface area (Å²) in [5, 5.41) is 6.17. The number of piperidine rings is 1. The van der Waals surface area contributed by atoms with E-state index in [1.54, 1.807) is 0 Å². The molecular formula is C7H12N2O. The number of carbonyl (C=O) groups excluding carboxylic acids is 1. The van der Waals surface area contributed by atoms with Crippen LogP contribution in [0.5, 0.6) is 0 Å². The van der Waals surface area contributed by atoms with Crippen LogP contribution in [-0.2, 0) is 4.79 Å². The van der Waals surface area contributed by atoms with Crippen LogP contribution in [0.3, 0.4) is 0 Å². The van der Waals surface area contributed by atoms with Crippen LogP contribution in [-0.4, -0.2) is 25.5 Å². The average Bonchev–Trinajstić information content (AvgIpc) is 2.33. The van der Waals surface area contributed by atoms with E-state index in [1.165, 1.54) is 0 Å². The van der Waals surface area contributed by atoms with Crippen molar-refractivity contribution in [3.8, 4) is 0 Å². The average molecular weight is 140 g/mol. The molecule has 0 bridgehead atoms. The highest BCUT2D eigenvalue weighted by Gasteiger charge is 2.32. The quantitative estimate of drug-likeness (QED) is 0.469. The fraction of sp³-hybridized carbons (Fsp3) is 0.857. The van der Waals surface area contributed by atoms with E-state index in [0.717, 1.165) is 26.1 Å². The number of hydrogen-bond donors (Lipinski definition) is 2. The van der Waals surface area contributed by atoms with Gasteiger partial charge in [-0.25, -0.2) is 0 Å². The third-order valence-electron chi connectivity index (χ3n) is 2.49. The smallest absolute Gasteiger partial charge is 0.220 e. The van der Waals surface area contributed by atoms with Gasteiger partial charge in [0.25, 0.3) is 0 Å². The van der Waals surface area contributed by atoms with E-state index in [9.17, 15) is 4.79 Å². The Balaban J connectivity index is 2.03. The lowest BCUT2D eigenvalue weighted by Gasteiger charge is -2.23. The zero-order valence-corrected chi connectivity index (χ0v) is 5.89. The third-order valence-corrected chi connectivity index (χ3v) is 2.49. The van der Waals surface area contributed by atoms with E-state index in [2.05, 4.69) is 10.6 Å². The molecule has 2 aliphatic heterocycles. The third kappa shape index (κ3) is 0.904. The molecule has 2 N–H and O–H groups in total. The molecule has 2 atom stereocenters. The molecule has 56 valence electrons. The topological polar surface area (TPSA) is 41.1 Å². The summed E-state index contributed by atoms with van der Waals surface area (Å²) >= 11 is 0. The molecule has 2 saturated heterocycles. The van der Waals surface area contributed by atoms with Crippen LogP contribution in [0, 0.1) is 11.8 Å². The summed E-state index contributed by atoms with van der Waals surface area (Å²) < 4.78 is 0. The maximum Gasteiger partial charge on any atom is 0.220 e. The molecule has 2 rings (SSSR count). The van der Waals surface area contributed by atoms with Gasteiger partial charge in [0, 0.05) is 13.0 Å². The van der Waals surface area contributed by atoms with Crippen molar-refractivity contribution in [2.45, 2.75) is 6.42 Å². The maximum absolute atomic E-state index is 10.9. The molecule has 0 spiro atoms. The zero-order chi connectivity index (χ0) is 6.97. The number of fused-ring (bicyclic) bond motifs is 1. The molecule has 1 amide bonds. The Labute approximate surface area is 60.2 Å². The van der Waals surface area contributed by atoms with E-state index < -0.39 is 0 Å². The van der Waals surface area contributed by atoms with Crippen LogP contribution in [0.25, 0.3) is 0 Å². The van der Waals surface area contributed by atoms with Crippen LogP contribution in [0.1, 0.15) is 6.42 Å². The lowest BCUT2D eigenvalue weighted by molar-refractivity contribution is -0.124. The highest BCUT2D eigenvalue weighted by molar-refractivity contribution is 5.77. The van der Waals surface area contributed by atoms with Crippen molar-refractivity contribution in [2.75, 3.05) is 19.6 Å². The Morgan fingerprint density at radius 2 is 2.00 bits per heavy atom. The van der Waals surface area contributed by atoms with Gasteiger partial charge in [0.15, 0.2) is 0 Å². The SMILES string of the molecule is O=C1C[C@H]2CNC[C@H]2CN1. The summed E-state index contributed by atoms with van der Waals surface area (Å²) in [6.07, 6.45) is 0.734. The van der Waals surface area contributed by atoms with Crippen LogP contribution in [0.15, 0.2) is 0 Å². The molecule has 2 heterocycles. The molecule has 0 aromatic heterocycles. The van der Waals surface area contributed by atoms with Gasteiger partial charge in [0.05, 0.1) is 0 Å². The van der Waals surface area contributed by atoms with Crippen LogP contribution in [0.2, 0.25) is 0 Å². The lowest BCUT2D eigenvalue weighted by Crippen LogP contribution is -2.39. The Kier molecular flexibility index (Phi) is 1.38. The zero-order valence-electron chi connectivity index (χ0n) is 5.89. The van der Waals surface area contributed by atoms with Gasteiger partial charge in [-0.2, -0.15) is 0 Å². The summed E-state index contributed by atoms with van der Waals surface area (Å²) in [7, 11) is 0. The molecule has 0 unspecified atom stereocenters. The number of carbonyl (C=O) groups is 1. The van der Waals surface area contributed by atoms with Crippen molar-refractivity contribution in [1.82, 2.24) is 10.6 Å². The monoisotopic (exact) mass is 140 g/mol. The normalized spacial score (nSPS) is 39.0. The minimum Gasteiger partial charge on any atom is -0.356 e. The number of nitrogens with one attached hydrogen (secondary N) is 2. The first-order chi connectivity index (χ1) is 4.86. The molecule has 3 nitrogen and oxygen atoms in total. The van der Waals surface area contributed by atoms with Crippen LogP contribution < -0.4 is 10.6 Å². The van der Waals surface area contributed by atoms with Gasteiger partial charge in [-0.3, -0.25) is 4.79 Å². The van der Waals surface area contributed by atoms with Gasteiger partial charge in [-0.15, -0.1) is 0 Å². The minimum absolute atomic E-state index is 0.227. The van der Waals surface area contributed by atoms with Crippen molar-refractivity contribution < 1.29 is 4.79 Å². The molecule has 0 saturated carbocycles. The van der Waals surface area contributed by atoms with Crippen molar-refractivity contribution >= 4 is 5.91 Å². The van der Waals surface area contributed by atoms with Crippen LogP contribution in [0.4, 0.5) is 0 Å². The Morgan fingerprint density at radius 1 is 1.20 bits per heavy atom. The van der Waals surface area contributed by atoms with E-state index >= 15 is 0 Å². The van der Waals surface area contributed by atoms with Gasteiger partial charge in [0.1, 0.15) is 0 Å². The van der Waals surface area contributed by atoms with Crippen molar-refractivity contribution in [2.24, 2.45) is 11.8 Å². The van der Waals surface area contributed by atoms with E-state index in [4.69, 9.17) is 0 Å². The summed E-state index contributed by atoms with van der Waals surface area (Å²) in [5.74, 6) is 1.55. The van der Waals surface area contributed by atoms with E-state index in [1.807, 2.05) is 0 Å². The molecular weight excluding hydrogens is 128 g/mol. The number of amides is 1. The molecule has 3 heteroatoms.